The number of hydrogen-bond donors (Lipinski definition) is 0. The Morgan fingerprint density at radius 3 is 2.56 bits per heavy atom. The number of pyridine rings is 1. The molecule has 144 valence electrons. The molecule has 1 aliphatic carbocycles. The van der Waals surface area contributed by atoms with Crippen LogP contribution >= 0.6 is 0 Å². The number of methoxy groups -OCH3 is 1. The Bertz CT molecular complexity index is 935. The second-order valence-corrected chi connectivity index (χ2v) is 8.93. The first-order valence-corrected chi connectivity index (χ1v) is 10.6. The summed E-state index contributed by atoms with van der Waals surface area (Å²) in [5, 5.41) is 0. The second-order valence-electron chi connectivity index (χ2n) is 6.75. The first kappa shape index (κ1) is 19.4. The molecular formula is C20H24N2O4S. The van der Waals surface area contributed by atoms with Gasteiger partial charge in [0.05, 0.1) is 36.4 Å². The van der Waals surface area contributed by atoms with Crippen molar-refractivity contribution >= 4 is 21.7 Å². The molecule has 1 aromatic carbocycles. The molecular weight excluding hydrogens is 364 g/mol. The van der Waals surface area contributed by atoms with E-state index in [1.807, 2.05) is 18.2 Å². The molecule has 6 nitrogen and oxygen atoms in total. The van der Waals surface area contributed by atoms with Crippen molar-refractivity contribution in [3.63, 3.8) is 0 Å². The molecule has 0 aliphatic heterocycles. The Morgan fingerprint density at radius 2 is 2.00 bits per heavy atom. The number of aromatic nitrogens is 1. The monoisotopic (exact) mass is 388 g/mol. The number of anilines is 1. The quantitative estimate of drug-likeness (QED) is 0.680. The average molecular weight is 388 g/mol. The molecule has 1 aromatic heterocycles. The Hall–Kier alpha value is -2.41. The maximum absolute atomic E-state index is 12.7. The molecule has 0 N–H and O–H groups in total. The van der Waals surface area contributed by atoms with Crippen molar-refractivity contribution in [3.8, 4) is 0 Å². The van der Waals surface area contributed by atoms with Crippen LogP contribution in [0.15, 0.2) is 36.5 Å². The summed E-state index contributed by atoms with van der Waals surface area (Å²) in [6, 6.07) is 9.06. The first-order valence-electron chi connectivity index (χ1n) is 9.00. The van der Waals surface area contributed by atoms with Gasteiger partial charge in [0.2, 0.25) is 10.0 Å². The van der Waals surface area contributed by atoms with Crippen LogP contribution in [-0.2, 0) is 21.3 Å². The van der Waals surface area contributed by atoms with Gasteiger partial charge in [0, 0.05) is 6.20 Å². The van der Waals surface area contributed by atoms with Crippen molar-refractivity contribution in [2.24, 2.45) is 0 Å². The van der Waals surface area contributed by atoms with E-state index >= 15 is 0 Å². The summed E-state index contributed by atoms with van der Waals surface area (Å²) in [5.41, 5.74) is 3.96. The van der Waals surface area contributed by atoms with Gasteiger partial charge in [-0.25, -0.2) is 13.2 Å². The van der Waals surface area contributed by atoms with Crippen LogP contribution in [0.2, 0.25) is 0 Å². The second kappa shape index (κ2) is 7.68. The number of ether oxygens (including phenoxy) is 1. The van der Waals surface area contributed by atoms with Crippen LogP contribution in [0.5, 0.6) is 0 Å². The van der Waals surface area contributed by atoms with E-state index in [1.165, 1.54) is 28.7 Å². The molecule has 0 unspecified atom stereocenters. The van der Waals surface area contributed by atoms with Crippen LogP contribution in [0.1, 0.15) is 52.9 Å². The van der Waals surface area contributed by atoms with Crippen molar-refractivity contribution in [2.75, 3.05) is 17.2 Å². The van der Waals surface area contributed by atoms with Gasteiger partial charge < -0.3 is 4.74 Å². The maximum atomic E-state index is 12.7. The Morgan fingerprint density at radius 1 is 1.26 bits per heavy atom. The van der Waals surface area contributed by atoms with Crippen LogP contribution in [0.4, 0.5) is 5.69 Å². The topological polar surface area (TPSA) is 76.6 Å². The minimum Gasteiger partial charge on any atom is -0.465 e. The number of carbonyl (C=O) groups is 1. The number of benzene rings is 1. The van der Waals surface area contributed by atoms with E-state index in [-0.39, 0.29) is 12.3 Å². The largest absolute Gasteiger partial charge is 0.465 e. The highest BCUT2D eigenvalue weighted by Crippen LogP contribution is 2.43. The summed E-state index contributed by atoms with van der Waals surface area (Å²) in [4.78, 5) is 15.8. The van der Waals surface area contributed by atoms with Crippen LogP contribution in [0, 0.1) is 6.92 Å². The van der Waals surface area contributed by atoms with Gasteiger partial charge in [-0.1, -0.05) is 6.07 Å². The van der Waals surface area contributed by atoms with Crippen LogP contribution in [0.25, 0.3) is 0 Å². The summed E-state index contributed by atoms with van der Waals surface area (Å²) in [7, 11) is -2.17. The number of nitrogens with zero attached hydrogens (tertiary/aromatic N) is 2. The molecule has 0 atom stereocenters. The smallest absolute Gasteiger partial charge is 0.339 e. The molecule has 0 saturated heterocycles. The standard InChI is InChI=1S/C20H24N2O4S/c1-4-27(24,25)22(13-17-9-8-16(12-21-17)20(23)26-3)18-10-5-14(2)19(11-18)15-6-7-15/h5,8-12,15H,4,6-7,13H2,1-3H3. The molecule has 0 amide bonds. The highest BCUT2D eigenvalue weighted by atomic mass is 32.2. The number of rotatable bonds is 7. The highest BCUT2D eigenvalue weighted by Gasteiger charge is 2.28. The van der Waals surface area contributed by atoms with Gasteiger partial charge in [-0.05, 0) is 68.0 Å². The van der Waals surface area contributed by atoms with Gasteiger partial charge in [-0.15, -0.1) is 0 Å². The van der Waals surface area contributed by atoms with Gasteiger partial charge >= 0.3 is 5.97 Å². The van der Waals surface area contributed by atoms with Crippen molar-refractivity contribution in [3.05, 3.63) is 58.9 Å². The average Bonchev–Trinajstić information content (AvgIpc) is 3.51. The normalized spacial score (nSPS) is 14.0. The van der Waals surface area contributed by atoms with E-state index in [4.69, 9.17) is 0 Å². The van der Waals surface area contributed by atoms with E-state index in [1.54, 1.807) is 19.1 Å². The minimum absolute atomic E-state index is 0.000117. The summed E-state index contributed by atoms with van der Waals surface area (Å²) in [6.07, 6.45) is 3.71. The van der Waals surface area contributed by atoms with Crippen LogP contribution in [-0.4, -0.2) is 32.2 Å². The Kier molecular flexibility index (Phi) is 5.51. The zero-order chi connectivity index (χ0) is 19.6. The number of aryl methyl sites for hydroxylation is 1. The van der Waals surface area contributed by atoms with E-state index in [0.29, 0.717) is 22.9 Å². The molecule has 1 saturated carbocycles. The predicted octanol–water partition coefficient (Wildman–Crippen LogP) is 3.41. The number of esters is 1. The van der Waals surface area contributed by atoms with Crippen molar-refractivity contribution in [1.82, 2.24) is 4.98 Å². The fraction of sp³-hybridized carbons (Fsp3) is 0.400. The van der Waals surface area contributed by atoms with Gasteiger partial charge in [-0.2, -0.15) is 0 Å². The van der Waals surface area contributed by atoms with Crippen LogP contribution in [0.3, 0.4) is 0 Å². The third kappa shape index (κ3) is 4.30. The number of hydrogen-bond acceptors (Lipinski definition) is 5. The minimum atomic E-state index is -3.48. The fourth-order valence-electron chi connectivity index (χ4n) is 3.03. The Balaban J connectivity index is 1.93. The third-order valence-electron chi connectivity index (χ3n) is 4.82. The lowest BCUT2D eigenvalue weighted by Crippen LogP contribution is -2.32. The molecule has 27 heavy (non-hydrogen) atoms. The van der Waals surface area contributed by atoms with Gasteiger partial charge in [0.15, 0.2) is 0 Å². The molecule has 1 heterocycles. The molecule has 2 aromatic rings. The van der Waals surface area contributed by atoms with E-state index in [2.05, 4.69) is 16.6 Å². The Labute approximate surface area is 160 Å². The molecule has 0 bridgehead atoms. The van der Waals surface area contributed by atoms with Crippen molar-refractivity contribution in [2.45, 2.75) is 39.2 Å². The third-order valence-corrected chi connectivity index (χ3v) is 6.56. The lowest BCUT2D eigenvalue weighted by Gasteiger charge is -2.24. The van der Waals surface area contributed by atoms with Gasteiger partial charge in [0.25, 0.3) is 0 Å². The molecule has 1 fully saturated rings. The summed E-state index contributed by atoms with van der Waals surface area (Å²) in [5.74, 6) is 0.0631. The fourth-order valence-corrected chi connectivity index (χ4v) is 4.10. The zero-order valence-corrected chi connectivity index (χ0v) is 16.6. The molecule has 7 heteroatoms. The number of sulfonamides is 1. The molecule has 0 radical (unpaired) electrons. The lowest BCUT2D eigenvalue weighted by molar-refractivity contribution is 0.0600. The highest BCUT2D eigenvalue weighted by molar-refractivity contribution is 7.92. The number of carbonyl (C=O) groups excluding carboxylic acids is 1. The lowest BCUT2D eigenvalue weighted by atomic mass is 10.0. The molecule has 1 aliphatic rings. The maximum Gasteiger partial charge on any atom is 0.339 e. The van der Waals surface area contributed by atoms with E-state index in [9.17, 15) is 13.2 Å². The van der Waals surface area contributed by atoms with E-state index in [0.717, 1.165) is 12.8 Å². The van der Waals surface area contributed by atoms with Crippen LogP contribution < -0.4 is 4.31 Å². The molecule has 3 rings (SSSR count). The van der Waals surface area contributed by atoms with Gasteiger partial charge in [0.1, 0.15) is 0 Å². The zero-order valence-electron chi connectivity index (χ0n) is 15.8. The summed E-state index contributed by atoms with van der Waals surface area (Å²) < 4.78 is 31.5. The first-order chi connectivity index (χ1) is 12.9. The summed E-state index contributed by atoms with van der Waals surface area (Å²) in [6.45, 7) is 3.81. The van der Waals surface area contributed by atoms with Gasteiger partial charge in [-0.3, -0.25) is 9.29 Å². The van der Waals surface area contributed by atoms with Crippen molar-refractivity contribution < 1.29 is 17.9 Å². The van der Waals surface area contributed by atoms with E-state index < -0.39 is 16.0 Å². The SMILES string of the molecule is CCS(=O)(=O)N(Cc1ccc(C(=O)OC)cn1)c1ccc(C)c(C2CC2)c1. The predicted molar refractivity (Wildman–Crippen MR) is 104 cm³/mol. The molecule has 0 spiro atoms. The van der Waals surface area contributed by atoms with Crippen molar-refractivity contribution in [1.29, 1.82) is 0 Å². The summed E-state index contributed by atoms with van der Waals surface area (Å²) >= 11 is 0.